The molecule has 0 amide bonds. The van der Waals surface area contributed by atoms with Crippen LogP contribution < -0.4 is 5.32 Å². The average molecular weight is 358 g/mol. The lowest BCUT2D eigenvalue weighted by Gasteiger charge is -2.15. The van der Waals surface area contributed by atoms with Crippen LogP contribution >= 0.6 is 27.5 Å². The number of likely N-dealkylation sites (N-methyl/N-ethyl adjacent to an activating group) is 1. The van der Waals surface area contributed by atoms with Crippen LogP contribution in [0.15, 0.2) is 4.47 Å². The van der Waals surface area contributed by atoms with E-state index in [1.54, 1.807) is 0 Å². The van der Waals surface area contributed by atoms with Gasteiger partial charge >= 0.3 is 0 Å². The van der Waals surface area contributed by atoms with Gasteiger partial charge < -0.3 is 5.32 Å². The molecule has 0 saturated carbocycles. The first-order chi connectivity index (χ1) is 9.58. The van der Waals surface area contributed by atoms with E-state index >= 15 is 0 Å². The summed E-state index contributed by atoms with van der Waals surface area (Å²) in [5.41, 5.74) is 3.33. The summed E-state index contributed by atoms with van der Waals surface area (Å²) in [6.07, 6.45) is 2.94. The molecular weight excluding hydrogens is 338 g/mol. The van der Waals surface area contributed by atoms with Crippen LogP contribution in [0.1, 0.15) is 41.3 Å². The molecule has 0 spiro atoms. The quantitative estimate of drug-likeness (QED) is 0.863. The molecule has 2 rings (SSSR count). The molecular formula is C13H20BrN5S. The van der Waals surface area contributed by atoms with Crippen molar-refractivity contribution in [2.45, 2.75) is 39.2 Å². The lowest BCUT2D eigenvalue weighted by atomic mass is 10.1. The third kappa shape index (κ3) is 3.10. The predicted molar refractivity (Wildman–Crippen MR) is 85.1 cm³/mol. The maximum atomic E-state index is 4.45. The lowest BCUT2D eigenvalue weighted by molar-refractivity contribution is 0.562. The van der Waals surface area contributed by atoms with E-state index in [1.807, 2.05) is 25.7 Å². The summed E-state index contributed by atoms with van der Waals surface area (Å²) in [6, 6.07) is 0.225. The van der Waals surface area contributed by atoms with Gasteiger partial charge in [-0.3, -0.25) is 4.68 Å². The van der Waals surface area contributed by atoms with Crippen LogP contribution in [0.4, 0.5) is 0 Å². The molecule has 1 N–H and O–H groups in total. The monoisotopic (exact) mass is 357 g/mol. The SMILES string of the molecule is CCCc1nnsc1C(Cc1c(Br)c(C)nn1C)NC. The largest absolute Gasteiger partial charge is 0.312 e. The molecule has 110 valence electrons. The van der Waals surface area contributed by atoms with E-state index in [-0.39, 0.29) is 6.04 Å². The Bertz CT molecular complexity index is 577. The zero-order valence-corrected chi connectivity index (χ0v) is 14.7. The van der Waals surface area contributed by atoms with Crippen molar-refractivity contribution in [3.63, 3.8) is 0 Å². The number of nitrogens with zero attached hydrogens (tertiary/aromatic N) is 4. The minimum Gasteiger partial charge on any atom is -0.312 e. The first-order valence-electron chi connectivity index (χ1n) is 6.74. The standard InChI is InChI=1S/C13H20BrN5S/c1-5-6-9-13(20-18-16-9)10(15-3)7-11-12(14)8(2)17-19(11)4/h10,15H,5-7H2,1-4H3. The van der Waals surface area contributed by atoms with Crippen LogP contribution in [0.25, 0.3) is 0 Å². The number of halogens is 1. The molecule has 1 unspecified atom stereocenters. The zero-order chi connectivity index (χ0) is 14.7. The molecule has 0 aliphatic heterocycles. The summed E-state index contributed by atoms with van der Waals surface area (Å²) in [6.45, 7) is 4.18. The summed E-state index contributed by atoms with van der Waals surface area (Å²) in [4.78, 5) is 1.24. The third-order valence-corrected chi connectivity index (χ3v) is 5.31. The van der Waals surface area contributed by atoms with Gasteiger partial charge in [0.2, 0.25) is 0 Å². The molecule has 0 aliphatic carbocycles. The molecule has 7 heteroatoms. The average Bonchev–Trinajstić information content (AvgIpc) is 2.96. The summed E-state index contributed by atoms with van der Waals surface area (Å²) in [5.74, 6) is 0. The number of hydrogen-bond acceptors (Lipinski definition) is 5. The molecule has 5 nitrogen and oxygen atoms in total. The fraction of sp³-hybridized carbons (Fsp3) is 0.615. The van der Waals surface area contributed by atoms with Crippen LogP contribution in [0.5, 0.6) is 0 Å². The second-order valence-electron chi connectivity index (χ2n) is 4.85. The summed E-state index contributed by atoms with van der Waals surface area (Å²) < 4.78 is 7.15. The molecule has 2 heterocycles. The highest BCUT2D eigenvalue weighted by Gasteiger charge is 2.21. The minimum absolute atomic E-state index is 0.225. The van der Waals surface area contributed by atoms with Crippen molar-refractivity contribution in [2.75, 3.05) is 7.05 Å². The Morgan fingerprint density at radius 3 is 2.75 bits per heavy atom. The molecule has 0 aliphatic rings. The van der Waals surface area contributed by atoms with E-state index in [2.05, 4.69) is 42.9 Å². The summed E-state index contributed by atoms with van der Waals surface area (Å²) >= 11 is 5.12. The van der Waals surface area contributed by atoms with E-state index in [0.29, 0.717) is 0 Å². The second-order valence-corrected chi connectivity index (χ2v) is 6.43. The van der Waals surface area contributed by atoms with Crippen LogP contribution in [-0.4, -0.2) is 26.4 Å². The normalized spacial score (nSPS) is 12.8. The molecule has 0 radical (unpaired) electrons. The Hall–Kier alpha value is -0.790. The number of hydrogen-bond donors (Lipinski definition) is 1. The Balaban J connectivity index is 2.26. The van der Waals surface area contributed by atoms with Crippen LogP contribution in [0.3, 0.4) is 0 Å². The molecule has 2 aromatic heterocycles. The van der Waals surface area contributed by atoms with Gasteiger partial charge in [-0.2, -0.15) is 5.10 Å². The van der Waals surface area contributed by atoms with Gasteiger partial charge in [0, 0.05) is 13.5 Å². The van der Waals surface area contributed by atoms with Crippen molar-refractivity contribution < 1.29 is 0 Å². The first kappa shape index (κ1) is 15.6. The number of aryl methyl sites for hydroxylation is 3. The topological polar surface area (TPSA) is 55.6 Å². The van der Waals surface area contributed by atoms with Crippen molar-refractivity contribution in [1.29, 1.82) is 0 Å². The van der Waals surface area contributed by atoms with E-state index in [0.717, 1.165) is 35.1 Å². The van der Waals surface area contributed by atoms with E-state index < -0.39 is 0 Å². The van der Waals surface area contributed by atoms with Gasteiger partial charge in [0.1, 0.15) is 0 Å². The third-order valence-electron chi connectivity index (χ3n) is 3.40. The van der Waals surface area contributed by atoms with E-state index in [1.165, 1.54) is 22.1 Å². The van der Waals surface area contributed by atoms with Gasteiger partial charge in [-0.1, -0.05) is 17.8 Å². The molecule has 2 aromatic rings. The molecule has 1 atom stereocenters. The molecule has 0 bridgehead atoms. The fourth-order valence-electron chi connectivity index (χ4n) is 2.31. The number of nitrogens with one attached hydrogen (secondary N) is 1. The summed E-state index contributed by atoms with van der Waals surface area (Å²) in [5, 5.41) is 12.1. The van der Waals surface area contributed by atoms with Crippen molar-refractivity contribution in [1.82, 2.24) is 24.7 Å². The Kier molecular flexibility index (Phi) is 5.29. The molecule has 20 heavy (non-hydrogen) atoms. The van der Waals surface area contributed by atoms with E-state index in [4.69, 9.17) is 0 Å². The Labute approximate surface area is 132 Å². The minimum atomic E-state index is 0.225. The highest BCUT2D eigenvalue weighted by Crippen LogP contribution is 2.28. The number of aromatic nitrogens is 4. The zero-order valence-electron chi connectivity index (χ0n) is 12.3. The molecule has 0 fully saturated rings. The Morgan fingerprint density at radius 1 is 1.45 bits per heavy atom. The fourth-order valence-corrected chi connectivity index (χ4v) is 3.61. The van der Waals surface area contributed by atoms with Crippen molar-refractivity contribution in [3.8, 4) is 0 Å². The smallest absolute Gasteiger partial charge is 0.0803 e. The number of rotatable bonds is 6. The van der Waals surface area contributed by atoms with Gasteiger partial charge in [-0.25, -0.2) is 0 Å². The van der Waals surface area contributed by atoms with Gasteiger partial charge in [0.15, 0.2) is 0 Å². The molecule has 0 aromatic carbocycles. The molecule has 0 saturated heterocycles. The second kappa shape index (κ2) is 6.78. The highest BCUT2D eigenvalue weighted by molar-refractivity contribution is 9.10. The van der Waals surface area contributed by atoms with Gasteiger partial charge in [-0.15, -0.1) is 5.10 Å². The van der Waals surface area contributed by atoms with Crippen LogP contribution in [-0.2, 0) is 19.9 Å². The van der Waals surface area contributed by atoms with Crippen LogP contribution in [0.2, 0.25) is 0 Å². The lowest BCUT2D eigenvalue weighted by Crippen LogP contribution is -2.20. The maximum Gasteiger partial charge on any atom is 0.0803 e. The maximum absolute atomic E-state index is 4.45. The van der Waals surface area contributed by atoms with Crippen molar-refractivity contribution >= 4 is 27.5 Å². The highest BCUT2D eigenvalue weighted by atomic mass is 79.9. The van der Waals surface area contributed by atoms with Crippen molar-refractivity contribution in [3.05, 3.63) is 26.4 Å². The summed E-state index contributed by atoms with van der Waals surface area (Å²) in [7, 11) is 3.97. The van der Waals surface area contributed by atoms with E-state index in [9.17, 15) is 0 Å². The van der Waals surface area contributed by atoms with Gasteiger partial charge in [0.25, 0.3) is 0 Å². The van der Waals surface area contributed by atoms with Gasteiger partial charge in [0.05, 0.1) is 32.5 Å². The van der Waals surface area contributed by atoms with Crippen LogP contribution in [0, 0.1) is 6.92 Å². The van der Waals surface area contributed by atoms with Crippen molar-refractivity contribution in [2.24, 2.45) is 7.05 Å². The Morgan fingerprint density at radius 2 is 2.20 bits per heavy atom. The van der Waals surface area contributed by atoms with Gasteiger partial charge in [-0.05, 0) is 47.9 Å². The first-order valence-corrected chi connectivity index (χ1v) is 8.31. The predicted octanol–water partition coefficient (Wildman–Crippen LogP) is 2.80.